The average molecular weight is 738 g/mol. The lowest BCUT2D eigenvalue weighted by atomic mass is 9.56. The van der Waals surface area contributed by atoms with Gasteiger partial charge in [-0.15, -0.1) is 0 Å². The Morgan fingerprint density at radius 3 is 1.96 bits per heavy atom. The van der Waals surface area contributed by atoms with Gasteiger partial charge in [0, 0.05) is 50.2 Å². The molecule has 4 aromatic heterocycles. The van der Waals surface area contributed by atoms with Crippen LogP contribution in [0.4, 0.5) is 0 Å². The molecule has 7 atom stereocenters. The van der Waals surface area contributed by atoms with E-state index in [2.05, 4.69) is 97.4 Å². The highest BCUT2D eigenvalue weighted by Gasteiger charge is 2.66. The van der Waals surface area contributed by atoms with Crippen molar-refractivity contribution in [2.45, 2.75) is 107 Å². The second-order valence-corrected chi connectivity index (χ2v) is 21.4. The molecule has 5 saturated carbocycles. The van der Waals surface area contributed by atoms with E-state index in [0.717, 1.165) is 23.7 Å². The molecule has 3 heteroatoms. The predicted octanol–water partition coefficient (Wildman–Crippen LogP) is 13.5. The van der Waals surface area contributed by atoms with Crippen LogP contribution in [-0.2, 0) is 5.41 Å². The van der Waals surface area contributed by atoms with Crippen molar-refractivity contribution in [1.82, 2.24) is 14.4 Å². The molecule has 0 amide bonds. The van der Waals surface area contributed by atoms with Crippen molar-refractivity contribution in [3.05, 3.63) is 113 Å². The monoisotopic (exact) mass is 737 g/mol. The van der Waals surface area contributed by atoms with E-state index in [1.54, 1.807) is 11.1 Å². The maximum absolute atomic E-state index is 5.58. The van der Waals surface area contributed by atoms with Crippen LogP contribution in [0.3, 0.4) is 0 Å². The van der Waals surface area contributed by atoms with E-state index in [1.807, 2.05) is 0 Å². The standard InChI is InChI=1S/C54H47N3/c1-53(2)41-10-6-5-9-37(41)47-36-8-4-3-7-35(36)38(21-42(47)53)28-18-39-48-43(24-55-50-30-14-26-11-27(15-30)13-29(12-26)45(48)50)57-44-25-56-51-32-17-34-20-33-16-31(22-54(33,34)23-32)46(51)49(44)40(19-28)52(39)57/h3-10,18-19,21,24-27,29-34H,11-17,20,22-23H2,1-2H3. The molecular weight excluding hydrogens is 691 g/mol. The lowest BCUT2D eigenvalue weighted by molar-refractivity contribution is 0.00321. The number of benzene rings is 4. The average Bonchev–Trinajstić information content (AvgIpc) is 3.92. The lowest BCUT2D eigenvalue weighted by Gasteiger charge is -2.48. The van der Waals surface area contributed by atoms with E-state index in [1.165, 1.54) is 158 Å². The number of nitrogens with zero attached hydrogens (tertiary/aromatic N) is 3. The fraction of sp³-hybridized carbons (Fsp3) is 0.407. The Balaban J connectivity index is 1.06. The van der Waals surface area contributed by atoms with Gasteiger partial charge in [-0.2, -0.15) is 0 Å². The van der Waals surface area contributed by atoms with Crippen LogP contribution in [-0.4, -0.2) is 14.4 Å². The lowest BCUT2D eigenvalue weighted by Crippen LogP contribution is -2.41. The summed E-state index contributed by atoms with van der Waals surface area (Å²) in [7, 11) is 0. The van der Waals surface area contributed by atoms with Crippen LogP contribution >= 0.6 is 0 Å². The number of hydrogen-bond donors (Lipinski definition) is 0. The summed E-state index contributed by atoms with van der Waals surface area (Å²) in [5.74, 6) is 6.13. The molecule has 8 aromatic rings. The summed E-state index contributed by atoms with van der Waals surface area (Å²) >= 11 is 0. The number of pyridine rings is 2. The van der Waals surface area contributed by atoms with Gasteiger partial charge in [0.15, 0.2) is 0 Å². The van der Waals surface area contributed by atoms with Gasteiger partial charge in [0.05, 0.1) is 28.9 Å². The summed E-state index contributed by atoms with van der Waals surface area (Å²) in [5, 5.41) is 8.75. The smallest absolute Gasteiger partial charge is 0.0728 e. The second-order valence-electron chi connectivity index (χ2n) is 21.4. The zero-order valence-electron chi connectivity index (χ0n) is 33.0. The molecule has 0 radical (unpaired) electrons. The Morgan fingerprint density at radius 1 is 0.561 bits per heavy atom. The van der Waals surface area contributed by atoms with Crippen LogP contribution in [0.1, 0.15) is 135 Å². The number of aromatic nitrogens is 3. The predicted molar refractivity (Wildman–Crippen MR) is 231 cm³/mol. The molecule has 7 bridgehead atoms. The quantitative estimate of drug-likeness (QED) is 0.168. The molecule has 278 valence electrons. The molecule has 0 aliphatic heterocycles. The first-order chi connectivity index (χ1) is 27.9. The minimum absolute atomic E-state index is 0.0725. The fourth-order valence-electron chi connectivity index (χ4n) is 16.9. The number of rotatable bonds is 1. The Morgan fingerprint density at radius 2 is 1.19 bits per heavy atom. The van der Waals surface area contributed by atoms with Gasteiger partial charge in [-0.25, -0.2) is 0 Å². The zero-order valence-corrected chi connectivity index (χ0v) is 33.0. The second kappa shape index (κ2) is 9.57. The van der Waals surface area contributed by atoms with E-state index in [9.17, 15) is 0 Å². The molecule has 0 N–H and O–H groups in total. The molecule has 9 aliphatic rings. The maximum atomic E-state index is 5.58. The third-order valence-corrected chi connectivity index (χ3v) is 18.8. The van der Waals surface area contributed by atoms with E-state index in [-0.39, 0.29) is 5.41 Å². The van der Waals surface area contributed by atoms with Gasteiger partial charge in [-0.1, -0.05) is 62.4 Å². The summed E-state index contributed by atoms with van der Waals surface area (Å²) < 4.78 is 2.67. The van der Waals surface area contributed by atoms with Gasteiger partial charge in [0.2, 0.25) is 0 Å². The molecule has 5 fully saturated rings. The zero-order chi connectivity index (χ0) is 36.8. The Bertz CT molecular complexity index is 3180. The minimum atomic E-state index is -0.0725. The Kier molecular flexibility index (Phi) is 5.09. The van der Waals surface area contributed by atoms with Gasteiger partial charge < -0.3 is 4.40 Å². The van der Waals surface area contributed by atoms with Gasteiger partial charge in [0.25, 0.3) is 0 Å². The first kappa shape index (κ1) is 30.3. The molecule has 4 heterocycles. The number of fused-ring (bicyclic) bond motifs is 17. The highest BCUT2D eigenvalue weighted by atomic mass is 15.0. The van der Waals surface area contributed by atoms with Crippen LogP contribution in [0.2, 0.25) is 0 Å². The summed E-state index contributed by atoms with van der Waals surface area (Å²) in [6.07, 6.45) is 18.5. The van der Waals surface area contributed by atoms with Crippen molar-refractivity contribution in [3.63, 3.8) is 0 Å². The van der Waals surface area contributed by atoms with Crippen molar-refractivity contribution in [2.75, 3.05) is 0 Å². The van der Waals surface area contributed by atoms with E-state index < -0.39 is 0 Å². The van der Waals surface area contributed by atoms with Crippen LogP contribution in [0.5, 0.6) is 0 Å². The molecule has 0 saturated heterocycles. The summed E-state index contributed by atoms with van der Waals surface area (Å²) in [6.45, 7) is 4.89. The molecule has 4 aromatic carbocycles. The molecular formula is C54H47N3. The van der Waals surface area contributed by atoms with Crippen LogP contribution in [0.15, 0.2) is 79.1 Å². The van der Waals surface area contributed by atoms with Gasteiger partial charge in [-0.3, -0.25) is 9.97 Å². The van der Waals surface area contributed by atoms with E-state index in [0.29, 0.717) is 29.1 Å². The maximum Gasteiger partial charge on any atom is 0.0728 e. The summed E-state index contributed by atoms with van der Waals surface area (Å²) in [6, 6.07) is 26.4. The van der Waals surface area contributed by atoms with Gasteiger partial charge >= 0.3 is 0 Å². The third-order valence-electron chi connectivity index (χ3n) is 18.8. The molecule has 3 nitrogen and oxygen atoms in total. The SMILES string of the molecule is CC1(C)c2ccccc2-c2c1cc(-c1cc3c4c5c(ncc4n4c6cnc7c(c6c(c1)c34)C1CC3CC4CC7CC43C1)C1CC3CC(C1)CC5C3)c1ccccc21. The van der Waals surface area contributed by atoms with E-state index in [4.69, 9.17) is 9.97 Å². The Labute approximate surface area is 333 Å². The van der Waals surface area contributed by atoms with E-state index >= 15 is 0 Å². The molecule has 7 unspecified atom stereocenters. The summed E-state index contributed by atoms with van der Waals surface area (Å²) in [5.41, 5.74) is 19.4. The first-order valence-corrected chi connectivity index (χ1v) is 22.6. The van der Waals surface area contributed by atoms with Crippen molar-refractivity contribution >= 4 is 48.9 Å². The summed E-state index contributed by atoms with van der Waals surface area (Å²) in [4.78, 5) is 11.1. The molecule has 17 rings (SSSR count). The number of hydrogen-bond acceptors (Lipinski definition) is 2. The molecule has 9 aliphatic carbocycles. The molecule has 57 heavy (non-hydrogen) atoms. The van der Waals surface area contributed by atoms with Gasteiger partial charge in [-0.05, 0) is 179 Å². The Hall–Kier alpha value is -4.76. The fourth-order valence-corrected chi connectivity index (χ4v) is 16.9. The van der Waals surface area contributed by atoms with Crippen molar-refractivity contribution < 1.29 is 0 Å². The third kappa shape index (κ3) is 3.33. The van der Waals surface area contributed by atoms with Crippen molar-refractivity contribution in [1.29, 1.82) is 0 Å². The van der Waals surface area contributed by atoms with Crippen LogP contribution in [0, 0.1) is 29.1 Å². The minimum Gasteiger partial charge on any atom is -0.305 e. The highest BCUT2D eigenvalue weighted by molar-refractivity contribution is 6.26. The first-order valence-electron chi connectivity index (χ1n) is 22.6. The van der Waals surface area contributed by atoms with Crippen molar-refractivity contribution in [2.24, 2.45) is 29.1 Å². The highest BCUT2D eigenvalue weighted by Crippen LogP contribution is 2.76. The normalized spacial score (nSPS) is 32.9. The van der Waals surface area contributed by atoms with Crippen molar-refractivity contribution in [3.8, 4) is 22.3 Å². The topological polar surface area (TPSA) is 30.2 Å². The van der Waals surface area contributed by atoms with Crippen LogP contribution < -0.4 is 0 Å². The van der Waals surface area contributed by atoms with Crippen LogP contribution in [0.25, 0.3) is 71.1 Å². The molecule has 1 spiro atoms. The largest absolute Gasteiger partial charge is 0.305 e. The van der Waals surface area contributed by atoms with Gasteiger partial charge in [0.1, 0.15) is 0 Å².